The summed E-state index contributed by atoms with van der Waals surface area (Å²) < 4.78 is 0. The summed E-state index contributed by atoms with van der Waals surface area (Å²) in [5.74, 6) is -0.752. The fourth-order valence-electron chi connectivity index (χ4n) is 3.30. The first-order valence-electron chi connectivity index (χ1n) is 7.31. The molecule has 1 heterocycles. The molecular weight excluding hydrogens is 274 g/mol. The highest BCUT2D eigenvalue weighted by Gasteiger charge is 2.39. The molecule has 1 aromatic carbocycles. The van der Waals surface area contributed by atoms with Gasteiger partial charge >= 0.3 is 5.97 Å². The third kappa shape index (κ3) is 3.15. The van der Waals surface area contributed by atoms with Gasteiger partial charge in [0.05, 0.1) is 12.0 Å². The number of carbonyl (C=O) groups is 1. The lowest BCUT2D eigenvalue weighted by molar-refractivity contribution is -0.141. The number of rotatable bonds is 5. The second-order valence-electron chi connectivity index (χ2n) is 5.51. The van der Waals surface area contributed by atoms with Crippen molar-refractivity contribution in [2.24, 2.45) is 0 Å². The molecule has 110 valence electrons. The van der Waals surface area contributed by atoms with Gasteiger partial charge in [-0.2, -0.15) is 0 Å². The molecule has 0 saturated carbocycles. The van der Waals surface area contributed by atoms with Gasteiger partial charge in [0.15, 0.2) is 0 Å². The van der Waals surface area contributed by atoms with E-state index in [9.17, 15) is 9.90 Å². The highest BCUT2D eigenvalue weighted by atomic mass is 35.5. The van der Waals surface area contributed by atoms with Crippen molar-refractivity contribution < 1.29 is 9.90 Å². The summed E-state index contributed by atoms with van der Waals surface area (Å²) in [6.07, 6.45) is 4.42. The number of carboxylic acids is 1. The molecule has 20 heavy (non-hydrogen) atoms. The first-order valence-corrected chi connectivity index (χ1v) is 7.69. The first-order chi connectivity index (χ1) is 9.58. The van der Waals surface area contributed by atoms with Crippen LogP contribution in [0.15, 0.2) is 24.3 Å². The minimum Gasteiger partial charge on any atom is -0.481 e. The molecule has 0 aromatic heterocycles. The Morgan fingerprint density at radius 3 is 2.60 bits per heavy atom. The van der Waals surface area contributed by atoms with E-state index in [2.05, 4.69) is 11.8 Å². The third-order valence-corrected chi connectivity index (χ3v) is 4.59. The van der Waals surface area contributed by atoms with Crippen LogP contribution in [0.1, 0.15) is 44.6 Å². The number of benzene rings is 1. The Balaban J connectivity index is 2.42. The Bertz CT molecular complexity index is 471. The summed E-state index contributed by atoms with van der Waals surface area (Å²) in [4.78, 5) is 13.8. The average Bonchev–Trinajstić information content (AvgIpc) is 2.45. The van der Waals surface area contributed by atoms with Crippen LogP contribution in [0.25, 0.3) is 0 Å². The Labute approximate surface area is 125 Å². The third-order valence-electron chi connectivity index (χ3n) is 4.35. The molecule has 0 spiro atoms. The standard InChI is InChI=1S/C16H22ClNO2/c1-2-16(12-15(19)20,18-9-4-3-5-10-18)13-7-6-8-14(17)11-13/h6-8,11H,2-5,9-10,12H2,1H3,(H,19,20). The average molecular weight is 296 g/mol. The van der Waals surface area contributed by atoms with Gasteiger partial charge in [0.1, 0.15) is 0 Å². The normalized spacial score (nSPS) is 19.5. The number of carboxylic acid groups (broad SMARTS) is 1. The zero-order chi connectivity index (χ0) is 14.6. The molecule has 4 heteroatoms. The molecule has 3 nitrogen and oxygen atoms in total. The molecular formula is C16H22ClNO2. The first kappa shape index (κ1) is 15.3. The van der Waals surface area contributed by atoms with E-state index >= 15 is 0 Å². The zero-order valence-corrected chi connectivity index (χ0v) is 12.7. The van der Waals surface area contributed by atoms with Crippen LogP contribution in [0, 0.1) is 0 Å². The maximum atomic E-state index is 11.4. The second kappa shape index (κ2) is 6.59. The van der Waals surface area contributed by atoms with Crippen LogP contribution in [0.2, 0.25) is 5.02 Å². The zero-order valence-electron chi connectivity index (χ0n) is 11.9. The Hall–Kier alpha value is -1.06. The van der Waals surface area contributed by atoms with Crippen LogP contribution in [0.4, 0.5) is 0 Å². The second-order valence-corrected chi connectivity index (χ2v) is 5.95. The topological polar surface area (TPSA) is 40.5 Å². The van der Waals surface area contributed by atoms with Crippen LogP contribution in [-0.4, -0.2) is 29.1 Å². The Morgan fingerprint density at radius 2 is 2.05 bits per heavy atom. The molecule has 0 aliphatic carbocycles. The minimum absolute atomic E-state index is 0.129. The molecule has 1 fully saturated rings. The SMILES string of the molecule is CCC(CC(=O)O)(c1cccc(Cl)c1)N1CCCCC1. The van der Waals surface area contributed by atoms with Gasteiger partial charge in [-0.05, 0) is 50.0 Å². The van der Waals surface area contributed by atoms with Gasteiger partial charge in [-0.25, -0.2) is 0 Å². The minimum atomic E-state index is -0.752. The summed E-state index contributed by atoms with van der Waals surface area (Å²) in [5, 5.41) is 10.1. The van der Waals surface area contributed by atoms with E-state index in [1.165, 1.54) is 6.42 Å². The molecule has 1 saturated heterocycles. The van der Waals surface area contributed by atoms with E-state index in [4.69, 9.17) is 11.6 Å². The number of hydrogen-bond acceptors (Lipinski definition) is 2. The van der Waals surface area contributed by atoms with Gasteiger partial charge in [-0.3, -0.25) is 9.69 Å². The van der Waals surface area contributed by atoms with Crippen LogP contribution >= 0.6 is 11.6 Å². The lowest BCUT2D eigenvalue weighted by atomic mass is 9.81. The highest BCUT2D eigenvalue weighted by molar-refractivity contribution is 6.30. The predicted molar refractivity (Wildman–Crippen MR) is 81.1 cm³/mol. The van der Waals surface area contributed by atoms with E-state index in [1.807, 2.05) is 24.3 Å². The summed E-state index contributed by atoms with van der Waals surface area (Å²) in [7, 11) is 0. The number of piperidine rings is 1. The van der Waals surface area contributed by atoms with Gasteiger partial charge in [-0.1, -0.05) is 37.1 Å². The maximum absolute atomic E-state index is 11.4. The van der Waals surface area contributed by atoms with Crippen molar-refractivity contribution >= 4 is 17.6 Å². The van der Waals surface area contributed by atoms with Crippen molar-refractivity contribution in [3.05, 3.63) is 34.9 Å². The van der Waals surface area contributed by atoms with Crippen molar-refractivity contribution in [3.63, 3.8) is 0 Å². The van der Waals surface area contributed by atoms with E-state index in [0.29, 0.717) is 5.02 Å². The number of hydrogen-bond donors (Lipinski definition) is 1. The molecule has 1 N–H and O–H groups in total. The molecule has 0 radical (unpaired) electrons. The van der Waals surface area contributed by atoms with Crippen molar-refractivity contribution in [2.45, 2.75) is 44.6 Å². The van der Waals surface area contributed by atoms with Gasteiger partial charge in [-0.15, -0.1) is 0 Å². The Morgan fingerprint density at radius 1 is 1.35 bits per heavy atom. The van der Waals surface area contributed by atoms with Crippen LogP contribution in [-0.2, 0) is 10.3 Å². The lowest BCUT2D eigenvalue weighted by Crippen LogP contribution is -2.49. The number of halogens is 1. The summed E-state index contributed by atoms with van der Waals surface area (Å²) in [6.45, 7) is 4.00. The van der Waals surface area contributed by atoms with Gasteiger partial charge in [0.2, 0.25) is 0 Å². The summed E-state index contributed by atoms with van der Waals surface area (Å²) in [6, 6.07) is 7.67. The molecule has 1 atom stereocenters. The number of likely N-dealkylation sites (tertiary alicyclic amines) is 1. The molecule has 0 bridgehead atoms. The fourth-order valence-corrected chi connectivity index (χ4v) is 3.49. The van der Waals surface area contributed by atoms with Gasteiger partial charge in [0, 0.05) is 5.02 Å². The van der Waals surface area contributed by atoms with Gasteiger partial charge in [0.25, 0.3) is 0 Å². The molecule has 2 rings (SSSR count). The summed E-state index contributed by atoms with van der Waals surface area (Å²) in [5.41, 5.74) is 0.591. The maximum Gasteiger partial charge on any atom is 0.305 e. The molecule has 1 aliphatic heterocycles. The van der Waals surface area contributed by atoms with Crippen molar-refractivity contribution in [1.82, 2.24) is 4.90 Å². The van der Waals surface area contributed by atoms with Crippen LogP contribution in [0.3, 0.4) is 0 Å². The van der Waals surface area contributed by atoms with E-state index < -0.39 is 11.5 Å². The Kier molecular flexibility index (Phi) is 5.06. The number of aliphatic carboxylic acids is 1. The van der Waals surface area contributed by atoms with E-state index in [-0.39, 0.29) is 6.42 Å². The van der Waals surface area contributed by atoms with Crippen LogP contribution in [0.5, 0.6) is 0 Å². The molecule has 1 unspecified atom stereocenters. The van der Waals surface area contributed by atoms with E-state index in [1.54, 1.807) is 0 Å². The van der Waals surface area contributed by atoms with Crippen molar-refractivity contribution in [2.75, 3.05) is 13.1 Å². The van der Waals surface area contributed by atoms with Crippen molar-refractivity contribution in [1.29, 1.82) is 0 Å². The number of nitrogens with zero attached hydrogens (tertiary/aromatic N) is 1. The quantitative estimate of drug-likeness (QED) is 0.895. The fraction of sp³-hybridized carbons (Fsp3) is 0.562. The molecule has 1 aromatic rings. The summed E-state index contributed by atoms with van der Waals surface area (Å²) >= 11 is 6.12. The lowest BCUT2D eigenvalue weighted by Gasteiger charge is -2.45. The largest absolute Gasteiger partial charge is 0.481 e. The monoisotopic (exact) mass is 295 g/mol. The highest BCUT2D eigenvalue weighted by Crippen LogP contribution is 2.38. The smallest absolute Gasteiger partial charge is 0.305 e. The van der Waals surface area contributed by atoms with E-state index in [0.717, 1.165) is 37.9 Å². The predicted octanol–water partition coefficient (Wildman–Crippen LogP) is 3.91. The van der Waals surface area contributed by atoms with Gasteiger partial charge < -0.3 is 5.11 Å². The van der Waals surface area contributed by atoms with Crippen LogP contribution < -0.4 is 0 Å². The molecule has 0 amide bonds. The van der Waals surface area contributed by atoms with Crippen molar-refractivity contribution in [3.8, 4) is 0 Å². The molecule has 1 aliphatic rings.